The molecule has 8 heteroatoms. The van der Waals surface area contributed by atoms with Crippen molar-refractivity contribution in [3.63, 3.8) is 0 Å². The lowest BCUT2D eigenvalue weighted by Gasteiger charge is -2.54. The van der Waals surface area contributed by atoms with Crippen molar-refractivity contribution in [2.75, 3.05) is 20.7 Å². The summed E-state index contributed by atoms with van der Waals surface area (Å²) < 4.78 is 17.3. The van der Waals surface area contributed by atoms with E-state index >= 15 is 0 Å². The van der Waals surface area contributed by atoms with Gasteiger partial charge in [0, 0.05) is 37.7 Å². The summed E-state index contributed by atoms with van der Waals surface area (Å²) in [5.41, 5.74) is 1.71. The van der Waals surface area contributed by atoms with E-state index in [0.29, 0.717) is 43.2 Å². The van der Waals surface area contributed by atoms with Crippen LogP contribution in [-0.2, 0) is 16.0 Å². The number of methoxy groups -OCH3 is 1. The van der Waals surface area contributed by atoms with Gasteiger partial charge in [-0.05, 0) is 61.8 Å². The zero-order chi connectivity index (χ0) is 25.9. The first-order valence-electron chi connectivity index (χ1n) is 13.1. The summed E-state index contributed by atoms with van der Waals surface area (Å²) in [7, 11) is 3.40. The molecule has 0 radical (unpaired) electrons. The van der Waals surface area contributed by atoms with E-state index in [4.69, 9.17) is 13.9 Å². The largest absolute Gasteiger partial charge is 0.493 e. The van der Waals surface area contributed by atoms with Gasteiger partial charge in [-0.1, -0.05) is 6.07 Å². The van der Waals surface area contributed by atoms with Gasteiger partial charge in [-0.3, -0.25) is 9.59 Å². The number of hydrogen-bond acceptors (Lipinski definition) is 6. The molecule has 196 valence electrons. The Balaban J connectivity index is 1.36. The first-order valence-corrected chi connectivity index (χ1v) is 13.1. The highest BCUT2D eigenvalue weighted by molar-refractivity contribution is 5.91. The number of benzene rings is 1. The molecule has 0 saturated heterocycles. The number of likely N-dealkylation sites (N-methyl/N-ethyl adjacent to an activating group) is 1. The third-order valence-corrected chi connectivity index (χ3v) is 8.85. The summed E-state index contributed by atoms with van der Waals surface area (Å²) in [6.07, 6.45) is 9.84. The molecule has 8 nitrogen and oxygen atoms in total. The van der Waals surface area contributed by atoms with E-state index in [1.165, 1.54) is 6.08 Å². The molecule has 3 aliphatic carbocycles. The second-order valence-corrected chi connectivity index (χ2v) is 11.0. The van der Waals surface area contributed by atoms with Crippen LogP contribution in [-0.4, -0.2) is 71.2 Å². The van der Waals surface area contributed by atoms with Crippen LogP contribution < -0.4 is 9.47 Å². The average molecular weight is 507 g/mol. The minimum Gasteiger partial charge on any atom is -0.493 e. The number of furan rings is 1. The lowest BCUT2D eigenvalue weighted by atomic mass is 9.60. The Bertz CT molecular complexity index is 1240. The van der Waals surface area contributed by atoms with Crippen LogP contribution in [0.4, 0.5) is 0 Å². The molecule has 1 aromatic carbocycles. The molecule has 1 unspecified atom stereocenters. The molecular formula is C29H34N2O6. The van der Waals surface area contributed by atoms with Crippen LogP contribution in [0.15, 0.2) is 41.2 Å². The van der Waals surface area contributed by atoms with Gasteiger partial charge in [-0.15, -0.1) is 0 Å². The number of carbonyl (C=O) groups is 2. The van der Waals surface area contributed by atoms with Gasteiger partial charge in [0.1, 0.15) is 6.10 Å². The standard InChI is InChI=1S/C29H34N2O6/c1-17(32)31(15-18-4-5-18)23-14-20-7-8-22(35-3)28-25(20)26-27(37-28)21(10-12-29(23,26)34)30(2)24(33)9-6-19-11-13-36-16-19/h6-9,11,13,16,18,21,23,26-27,34H,4-5,10,12,14-15H2,1-3H3/b9-6+/t21-,23-,26?,27+,29-/m1/s1. The van der Waals surface area contributed by atoms with Crippen molar-refractivity contribution in [3.8, 4) is 11.5 Å². The van der Waals surface area contributed by atoms with E-state index in [2.05, 4.69) is 0 Å². The Morgan fingerprint density at radius 1 is 1.24 bits per heavy atom. The molecule has 37 heavy (non-hydrogen) atoms. The fourth-order valence-corrected chi connectivity index (χ4v) is 6.75. The summed E-state index contributed by atoms with van der Waals surface area (Å²) in [6, 6.07) is 5.15. The molecule has 0 bridgehead atoms. The number of hydrogen-bond donors (Lipinski definition) is 1. The van der Waals surface area contributed by atoms with Gasteiger partial charge in [0.25, 0.3) is 0 Å². The van der Waals surface area contributed by atoms with Crippen molar-refractivity contribution in [2.24, 2.45) is 5.92 Å². The summed E-state index contributed by atoms with van der Waals surface area (Å²) in [6.45, 7) is 2.29. The Labute approximate surface area is 216 Å². The van der Waals surface area contributed by atoms with Crippen LogP contribution >= 0.6 is 0 Å². The van der Waals surface area contributed by atoms with E-state index in [1.54, 1.807) is 50.6 Å². The molecule has 2 amide bonds. The van der Waals surface area contributed by atoms with E-state index < -0.39 is 11.7 Å². The van der Waals surface area contributed by atoms with E-state index in [0.717, 1.165) is 29.5 Å². The molecule has 2 aromatic rings. The first-order chi connectivity index (χ1) is 17.8. The number of aliphatic hydroxyl groups is 1. The normalized spacial score (nSPS) is 29.5. The average Bonchev–Trinajstić information content (AvgIpc) is 3.37. The second-order valence-electron chi connectivity index (χ2n) is 11.0. The van der Waals surface area contributed by atoms with Gasteiger partial charge in [0.2, 0.25) is 11.8 Å². The van der Waals surface area contributed by atoms with Crippen LogP contribution in [0.5, 0.6) is 11.5 Å². The quantitative estimate of drug-likeness (QED) is 0.579. The van der Waals surface area contributed by atoms with Crippen molar-refractivity contribution in [1.29, 1.82) is 0 Å². The first kappa shape index (κ1) is 24.1. The number of ether oxygens (including phenoxy) is 2. The highest BCUT2D eigenvalue weighted by Gasteiger charge is 2.63. The summed E-state index contributed by atoms with van der Waals surface area (Å²) in [5.74, 6) is 1.29. The fraction of sp³-hybridized carbons (Fsp3) is 0.517. The fourth-order valence-electron chi connectivity index (χ4n) is 6.75. The molecule has 4 aliphatic rings. The Morgan fingerprint density at radius 3 is 2.73 bits per heavy atom. The van der Waals surface area contributed by atoms with Crippen molar-refractivity contribution in [3.05, 3.63) is 53.5 Å². The minimum absolute atomic E-state index is 0.00298. The third kappa shape index (κ3) is 3.93. The summed E-state index contributed by atoms with van der Waals surface area (Å²) in [5, 5.41) is 12.4. The number of nitrogens with zero attached hydrogens (tertiary/aromatic N) is 2. The third-order valence-electron chi connectivity index (χ3n) is 8.85. The Hall–Kier alpha value is -3.26. The van der Waals surface area contributed by atoms with Crippen LogP contribution in [0.1, 0.15) is 55.2 Å². The van der Waals surface area contributed by atoms with Gasteiger partial charge in [0.05, 0.1) is 43.2 Å². The van der Waals surface area contributed by atoms with Gasteiger partial charge in [-0.25, -0.2) is 0 Å². The van der Waals surface area contributed by atoms with Crippen molar-refractivity contribution in [1.82, 2.24) is 9.80 Å². The van der Waals surface area contributed by atoms with E-state index in [-0.39, 0.29) is 29.8 Å². The Morgan fingerprint density at radius 2 is 2.05 bits per heavy atom. The number of amides is 2. The molecule has 2 saturated carbocycles. The van der Waals surface area contributed by atoms with Crippen molar-refractivity contribution >= 4 is 17.9 Å². The van der Waals surface area contributed by atoms with Crippen LogP contribution in [0.25, 0.3) is 6.08 Å². The van der Waals surface area contributed by atoms with E-state index in [1.807, 2.05) is 17.0 Å². The monoisotopic (exact) mass is 506 g/mol. The SMILES string of the molecule is COc1ccc2c3c1O[C@@H]1C3[C@@](O)(CC[C@H]1N(C)C(=O)/C=C/c1ccoc1)[C@H](N(CC1CC1)C(C)=O)C2. The summed E-state index contributed by atoms with van der Waals surface area (Å²) >= 11 is 0. The maximum Gasteiger partial charge on any atom is 0.246 e. The molecule has 6 rings (SSSR count). The predicted octanol–water partition coefficient (Wildman–Crippen LogP) is 3.38. The van der Waals surface area contributed by atoms with Crippen LogP contribution in [0.2, 0.25) is 0 Å². The van der Waals surface area contributed by atoms with Gasteiger partial charge < -0.3 is 28.8 Å². The number of carbonyl (C=O) groups excluding carboxylic acids is 2. The topological polar surface area (TPSA) is 92.4 Å². The summed E-state index contributed by atoms with van der Waals surface area (Å²) in [4.78, 5) is 29.6. The molecule has 5 atom stereocenters. The molecule has 2 fully saturated rings. The molecule has 1 aliphatic heterocycles. The molecular weight excluding hydrogens is 472 g/mol. The highest BCUT2D eigenvalue weighted by Crippen LogP contribution is 2.59. The maximum absolute atomic E-state index is 13.2. The second kappa shape index (κ2) is 8.94. The van der Waals surface area contributed by atoms with Gasteiger partial charge >= 0.3 is 0 Å². The van der Waals surface area contributed by atoms with Crippen molar-refractivity contribution < 1.29 is 28.6 Å². The van der Waals surface area contributed by atoms with E-state index in [9.17, 15) is 14.7 Å². The molecule has 1 aromatic heterocycles. The zero-order valence-corrected chi connectivity index (χ0v) is 21.6. The van der Waals surface area contributed by atoms with Gasteiger partial charge in [-0.2, -0.15) is 0 Å². The smallest absolute Gasteiger partial charge is 0.246 e. The Kier molecular flexibility index (Phi) is 5.82. The lowest BCUT2D eigenvalue weighted by molar-refractivity contribution is -0.156. The molecule has 1 N–H and O–H groups in total. The van der Waals surface area contributed by atoms with Crippen molar-refractivity contribution in [2.45, 2.75) is 68.7 Å². The number of rotatable bonds is 7. The zero-order valence-electron chi connectivity index (χ0n) is 21.6. The molecule has 0 spiro atoms. The van der Waals surface area contributed by atoms with Crippen LogP contribution in [0, 0.1) is 5.92 Å². The van der Waals surface area contributed by atoms with Crippen LogP contribution in [0.3, 0.4) is 0 Å². The lowest BCUT2D eigenvalue weighted by Crippen LogP contribution is -2.67. The minimum atomic E-state index is -1.15. The highest BCUT2D eigenvalue weighted by atomic mass is 16.5. The maximum atomic E-state index is 13.2. The molecule has 2 heterocycles. The van der Waals surface area contributed by atoms with Gasteiger partial charge in [0.15, 0.2) is 11.5 Å². The predicted molar refractivity (Wildman–Crippen MR) is 136 cm³/mol.